The van der Waals surface area contributed by atoms with E-state index < -0.39 is 0 Å². The van der Waals surface area contributed by atoms with Crippen molar-refractivity contribution < 1.29 is 14.3 Å². The molecule has 8 nitrogen and oxygen atoms in total. The van der Waals surface area contributed by atoms with Crippen molar-refractivity contribution in [2.24, 2.45) is 0 Å². The second kappa shape index (κ2) is 8.74. The first kappa shape index (κ1) is 19.0. The highest BCUT2D eigenvalue weighted by Gasteiger charge is 2.29. The van der Waals surface area contributed by atoms with Gasteiger partial charge in [0.15, 0.2) is 0 Å². The molecule has 0 N–H and O–H groups in total. The Kier molecular flexibility index (Phi) is 6.38. The number of halogens is 1. The zero-order valence-electron chi connectivity index (χ0n) is 13.9. The number of hydrogen-bond acceptors (Lipinski definition) is 8. The molecule has 0 spiro atoms. The minimum absolute atomic E-state index is 0.0650. The standard InChI is InChI=1S/C15H16ClN5O3S2/c1-24-14(23)12-8-20(5-6-25-12)13(22)9-26-15-17-18-19-21(15)11-4-2-3-10(16)7-11/h2-4,7,12H,5-6,8-9H2,1H3/t12-/m1/s1. The van der Waals surface area contributed by atoms with Crippen molar-refractivity contribution >= 4 is 47.0 Å². The van der Waals surface area contributed by atoms with Crippen LogP contribution in [0.4, 0.5) is 0 Å². The Hall–Kier alpha value is -1.78. The third-order valence-electron chi connectivity index (χ3n) is 3.70. The molecule has 2 aromatic rings. The van der Waals surface area contributed by atoms with E-state index in [1.807, 2.05) is 6.07 Å². The van der Waals surface area contributed by atoms with Crippen LogP contribution in [0, 0.1) is 0 Å². The molecule has 1 aromatic heterocycles. The summed E-state index contributed by atoms with van der Waals surface area (Å²) in [6.07, 6.45) is 0. The maximum absolute atomic E-state index is 12.5. The predicted molar refractivity (Wildman–Crippen MR) is 99.7 cm³/mol. The lowest BCUT2D eigenvalue weighted by molar-refractivity contribution is -0.141. The third-order valence-corrected chi connectivity index (χ3v) is 6.00. The molecular formula is C15H16ClN5O3S2. The van der Waals surface area contributed by atoms with Crippen molar-refractivity contribution in [3.8, 4) is 5.69 Å². The fraction of sp³-hybridized carbons (Fsp3) is 0.400. The zero-order chi connectivity index (χ0) is 18.5. The fourth-order valence-corrected chi connectivity index (χ4v) is 4.51. The van der Waals surface area contributed by atoms with Gasteiger partial charge in [-0.2, -0.15) is 4.68 Å². The largest absolute Gasteiger partial charge is 0.468 e. The van der Waals surface area contributed by atoms with Crippen LogP contribution >= 0.6 is 35.1 Å². The highest BCUT2D eigenvalue weighted by molar-refractivity contribution is 8.00. The van der Waals surface area contributed by atoms with E-state index in [1.54, 1.807) is 23.1 Å². The number of esters is 1. The van der Waals surface area contributed by atoms with E-state index >= 15 is 0 Å². The smallest absolute Gasteiger partial charge is 0.320 e. The molecule has 1 saturated heterocycles. The van der Waals surface area contributed by atoms with Crippen LogP contribution in [0.1, 0.15) is 0 Å². The van der Waals surface area contributed by atoms with Gasteiger partial charge in [0.25, 0.3) is 0 Å². The van der Waals surface area contributed by atoms with Crippen LogP contribution in [0.25, 0.3) is 5.69 Å². The molecule has 11 heteroatoms. The number of aromatic nitrogens is 4. The van der Waals surface area contributed by atoms with Crippen LogP contribution in [0.3, 0.4) is 0 Å². The molecule has 0 aliphatic carbocycles. The average Bonchev–Trinajstić information content (AvgIpc) is 3.14. The number of methoxy groups -OCH3 is 1. The Bertz CT molecular complexity index is 803. The molecule has 138 valence electrons. The Morgan fingerprint density at radius 3 is 3.08 bits per heavy atom. The quantitative estimate of drug-likeness (QED) is 0.538. The predicted octanol–water partition coefficient (Wildman–Crippen LogP) is 1.52. The summed E-state index contributed by atoms with van der Waals surface area (Å²) in [5.41, 5.74) is 0.720. The number of tetrazole rings is 1. The van der Waals surface area contributed by atoms with Crippen LogP contribution in [-0.2, 0) is 14.3 Å². The Morgan fingerprint density at radius 2 is 2.31 bits per heavy atom. The molecule has 0 radical (unpaired) electrons. The molecule has 1 amide bonds. The molecule has 1 fully saturated rings. The first-order valence-corrected chi connectivity index (χ1v) is 10.1. The van der Waals surface area contributed by atoms with E-state index in [1.165, 1.54) is 35.3 Å². The van der Waals surface area contributed by atoms with E-state index in [-0.39, 0.29) is 22.9 Å². The van der Waals surface area contributed by atoms with Crippen molar-refractivity contribution in [1.29, 1.82) is 0 Å². The van der Waals surface area contributed by atoms with E-state index in [0.717, 1.165) is 5.69 Å². The summed E-state index contributed by atoms with van der Waals surface area (Å²) in [6.45, 7) is 0.965. The average molecular weight is 414 g/mol. The Morgan fingerprint density at radius 1 is 1.46 bits per heavy atom. The van der Waals surface area contributed by atoms with Gasteiger partial charge in [-0.05, 0) is 28.6 Å². The van der Waals surface area contributed by atoms with Gasteiger partial charge in [-0.25, -0.2) is 0 Å². The van der Waals surface area contributed by atoms with Crippen LogP contribution < -0.4 is 0 Å². The van der Waals surface area contributed by atoms with Crippen LogP contribution in [0.5, 0.6) is 0 Å². The highest BCUT2D eigenvalue weighted by Crippen LogP contribution is 2.23. The van der Waals surface area contributed by atoms with Gasteiger partial charge in [-0.3, -0.25) is 9.59 Å². The summed E-state index contributed by atoms with van der Waals surface area (Å²) in [5.74, 6) is 0.519. The van der Waals surface area contributed by atoms with Crippen molar-refractivity contribution in [1.82, 2.24) is 25.1 Å². The maximum atomic E-state index is 12.5. The molecule has 1 aromatic carbocycles. The van der Waals surface area contributed by atoms with Crippen LogP contribution in [-0.4, -0.2) is 73.9 Å². The number of ether oxygens (including phenoxy) is 1. The minimum atomic E-state index is -0.334. The molecule has 0 bridgehead atoms. The van der Waals surface area contributed by atoms with E-state index in [9.17, 15) is 9.59 Å². The van der Waals surface area contributed by atoms with Gasteiger partial charge in [0.1, 0.15) is 5.25 Å². The molecule has 3 rings (SSSR count). The monoisotopic (exact) mass is 413 g/mol. The van der Waals surface area contributed by atoms with Crippen molar-refractivity contribution in [2.75, 3.05) is 31.7 Å². The van der Waals surface area contributed by atoms with Gasteiger partial charge < -0.3 is 9.64 Å². The number of nitrogens with zero attached hydrogens (tertiary/aromatic N) is 5. The zero-order valence-corrected chi connectivity index (χ0v) is 16.3. The molecule has 1 atom stereocenters. The molecule has 0 saturated carbocycles. The number of benzene rings is 1. The molecule has 1 aliphatic heterocycles. The summed E-state index contributed by atoms with van der Waals surface area (Å²) in [5, 5.41) is 12.3. The third kappa shape index (κ3) is 4.49. The number of carbonyl (C=O) groups is 2. The number of thioether (sulfide) groups is 2. The van der Waals surface area contributed by atoms with Gasteiger partial charge >= 0.3 is 5.97 Å². The van der Waals surface area contributed by atoms with Gasteiger partial charge in [-0.15, -0.1) is 16.9 Å². The van der Waals surface area contributed by atoms with Gasteiger partial charge in [0.05, 0.1) is 18.6 Å². The SMILES string of the molecule is COC(=O)[C@H]1CN(C(=O)CSc2nnnn2-c2cccc(Cl)c2)CCS1. The van der Waals surface area contributed by atoms with E-state index in [4.69, 9.17) is 16.3 Å². The van der Waals surface area contributed by atoms with Crippen molar-refractivity contribution in [3.63, 3.8) is 0 Å². The van der Waals surface area contributed by atoms with Crippen molar-refractivity contribution in [3.05, 3.63) is 29.3 Å². The topological polar surface area (TPSA) is 90.2 Å². The highest BCUT2D eigenvalue weighted by atomic mass is 35.5. The number of carbonyl (C=O) groups excluding carboxylic acids is 2. The lowest BCUT2D eigenvalue weighted by Gasteiger charge is -2.30. The van der Waals surface area contributed by atoms with Crippen molar-refractivity contribution in [2.45, 2.75) is 10.4 Å². The molecule has 1 aliphatic rings. The first-order chi connectivity index (χ1) is 12.6. The van der Waals surface area contributed by atoms with Crippen LogP contribution in [0.2, 0.25) is 5.02 Å². The first-order valence-electron chi connectivity index (χ1n) is 7.73. The summed E-state index contributed by atoms with van der Waals surface area (Å²) >= 11 is 8.76. The number of amides is 1. The van der Waals surface area contributed by atoms with Crippen LogP contribution in [0.15, 0.2) is 29.4 Å². The molecule has 0 unspecified atom stereocenters. The minimum Gasteiger partial charge on any atom is -0.468 e. The summed E-state index contributed by atoms with van der Waals surface area (Å²) in [4.78, 5) is 25.9. The molecule has 26 heavy (non-hydrogen) atoms. The normalized spacial score (nSPS) is 17.2. The van der Waals surface area contributed by atoms with Gasteiger partial charge in [0.2, 0.25) is 11.1 Å². The Balaban J connectivity index is 1.62. The lowest BCUT2D eigenvalue weighted by atomic mass is 10.3. The summed E-state index contributed by atoms with van der Waals surface area (Å²) in [6, 6.07) is 7.14. The Labute approximate surface area is 163 Å². The van der Waals surface area contributed by atoms with Gasteiger partial charge in [-0.1, -0.05) is 29.4 Å². The number of rotatable bonds is 5. The summed E-state index contributed by atoms with van der Waals surface area (Å²) in [7, 11) is 1.36. The summed E-state index contributed by atoms with van der Waals surface area (Å²) < 4.78 is 6.30. The molecular weight excluding hydrogens is 398 g/mol. The van der Waals surface area contributed by atoms with Gasteiger partial charge in [0, 0.05) is 23.9 Å². The maximum Gasteiger partial charge on any atom is 0.320 e. The van der Waals surface area contributed by atoms with E-state index in [2.05, 4.69) is 15.5 Å². The lowest BCUT2D eigenvalue weighted by Crippen LogP contribution is -2.45. The second-order valence-corrected chi connectivity index (χ2v) is 8.05. The fourth-order valence-electron chi connectivity index (χ4n) is 2.41. The van der Waals surface area contributed by atoms with E-state index in [0.29, 0.717) is 29.0 Å². The second-order valence-electron chi connectivity index (χ2n) is 5.36. The molecule has 2 heterocycles. The number of hydrogen-bond donors (Lipinski definition) is 0.